The second kappa shape index (κ2) is 5.33. The Morgan fingerprint density at radius 3 is 2.80 bits per heavy atom. The zero-order valence-corrected chi connectivity index (χ0v) is 9.57. The predicted octanol–water partition coefficient (Wildman–Crippen LogP) is 2.84. The van der Waals surface area contributed by atoms with Gasteiger partial charge >= 0.3 is 0 Å². The van der Waals surface area contributed by atoms with Gasteiger partial charge < -0.3 is 5.32 Å². The van der Waals surface area contributed by atoms with Gasteiger partial charge in [-0.3, -0.25) is 4.79 Å². The largest absolute Gasteiger partial charge is 0.348 e. The number of halogens is 3. The molecule has 0 bridgehead atoms. The molecule has 1 amide bonds. The molecule has 1 rings (SSSR count). The zero-order chi connectivity index (χ0) is 11.4. The highest BCUT2D eigenvalue weighted by molar-refractivity contribution is 6.33. The molecule has 2 nitrogen and oxygen atoms in total. The maximum Gasteiger partial charge on any atom is 0.256 e. The van der Waals surface area contributed by atoms with Crippen LogP contribution < -0.4 is 5.32 Å². The van der Waals surface area contributed by atoms with Crippen molar-refractivity contribution in [1.29, 1.82) is 0 Å². The standard InChI is InChI=1S/C10H10Cl2FNO/c1-6(5-11)14-10(15)9-7(12)3-2-4-8(9)13/h2-4,6H,5H2,1H3,(H,14,15). The molecule has 15 heavy (non-hydrogen) atoms. The van der Waals surface area contributed by atoms with Crippen molar-refractivity contribution < 1.29 is 9.18 Å². The minimum Gasteiger partial charge on any atom is -0.348 e. The van der Waals surface area contributed by atoms with Gasteiger partial charge in [0.25, 0.3) is 5.91 Å². The number of alkyl halides is 1. The highest BCUT2D eigenvalue weighted by atomic mass is 35.5. The lowest BCUT2D eigenvalue weighted by Gasteiger charge is -2.11. The van der Waals surface area contributed by atoms with Crippen LogP contribution >= 0.6 is 23.2 Å². The second-order valence-corrected chi connectivity index (χ2v) is 3.84. The molecule has 0 aliphatic heterocycles. The van der Waals surface area contributed by atoms with E-state index in [4.69, 9.17) is 23.2 Å². The van der Waals surface area contributed by atoms with Gasteiger partial charge in [0, 0.05) is 11.9 Å². The summed E-state index contributed by atoms with van der Waals surface area (Å²) in [4.78, 5) is 11.6. The van der Waals surface area contributed by atoms with Crippen LogP contribution in [0.3, 0.4) is 0 Å². The molecule has 0 aliphatic rings. The van der Waals surface area contributed by atoms with Gasteiger partial charge in [-0.05, 0) is 19.1 Å². The average molecular weight is 250 g/mol. The van der Waals surface area contributed by atoms with Crippen LogP contribution in [-0.2, 0) is 0 Å². The Hall–Kier alpha value is -0.800. The highest BCUT2D eigenvalue weighted by Crippen LogP contribution is 2.18. The smallest absolute Gasteiger partial charge is 0.256 e. The van der Waals surface area contributed by atoms with Crippen molar-refractivity contribution >= 4 is 29.1 Å². The SMILES string of the molecule is CC(CCl)NC(=O)c1c(F)cccc1Cl. The molecule has 1 unspecified atom stereocenters. The number of nitrogens with one attached hydrogen (secondary N) is 1. The Bertz CT molecular complexity index is 350. The molecule has 0 radical (unpaired) electrons. The quantitative estimate of drug-likeness (QED) is 0.821. The third-order valence-electron chi connectivity index (χ3n) is 1.80. The summed E-state index contributed by atoms with van der Waals surface area (Å²) < 4.78 is 13.3. The van der Waals surface area contributed by atoms with Gasteiger partial charge in [0.15, 0.2) is 0 Å². The summed E-state index contributed by atoms with van der Waals surface area (Å²) in [5.74, 6) is -0.925. The molecule has 0 heterocycles. The zero-order valence-electron chi connectivity index (χ0n) is 8.06. The third kappa shape index (κ3) is 3.08. The number of carbonyl (C=O) groups excluding carboxylic acids is 1. The fraction of sp³-hybridized carbons (Fsp3) is 0.300. The Morgan fingerprint density at radius 2 is 2.27 bits per heavy atom. The molecule has 0 saturated heterocycles. The number of benzene rings is 1. The van der Waals surface area contributed by atoms with Crippen LogP contribution in [0.25, 0.3) is 0 Å². The van der Waals surface area contributed by atoms with Crippen LogP contribution in [0.2, 0.25) is 5.02 Å². The van der Waals surface area contributed by atoms with E-state index in [1.807, 2.05) is 0 Å². The van der Waals surface area contributed by atoms with E-state index >= 15 is 0 Å². The Balaban J connectivity index is 2.91. The molecule has 0 spiro atoms. The lowest BCUT2D eigenvalue weighted by Crippen LogP contribution is -2.34. The van der Waals surface area contributed by atoms with Crippen LogP contribution in [-0.4, -0.2) is 17.8 Å². The number of hydrogen-bond acceptors (Lipinski definition) is 1. The highest BCUT2D eigenvalue weighted by Gasteiger charge is 2.16. The molecule has 5 heteroatoms. The molecule has 0 fully saturated rings. The monoisotopic (exact) mass is 249 g/mol. The summed E-state index contributed by atoms with van der Waals surface area (Å²) >= 11 is 11.2. The van der Waals surface area contributed by atoms with E-state index in [-0.39, 0.29) is 22.5 Å². The maximum atomic E-state index is 13.3. The lowest BCUT2D eigenvalue weighted by atomic mass is 10.2. The van der Waals surface area contributed by atoms with E-state index in [2.05, 4.69) is 5.32 Å². The van der Waals surface area contributed by atoms with Gasteiger partial charge in [0.1, 0.15) is 5.82 Å². The lowest BCUT2D eigenvalue weighted by molar-refractivity contribution is 0.0939. The number of rotatable bonds is 3. The van der Waals surface area contributed by atoms with Crippen molar-refractivity contribution in [1.82, 2.24) is 5.32 Å². The Kier molecular flexibility index (Phi) is 4.36. The molecule has 0 aliphatic carbocycles. The first kappa shape index (κ1) is 12.3. The van der Waals surface area contributed by atoms with Crippen molar-refractivity contribution in [3.8, 4) is 0 Å². The van der Waals surface area contributed by atoms with Gasteiger partial charge in [0.2, 0.25) is 0 Å². The van der Waals surface area contributed by atoms with Crippen molar-refractivity contribution in [2.24, 2.45) is 0 Å². The van der Waals surface area contributed by atoms with Gasteiger partial charge in [-0.15, -0.1) is 11.6 Å². The molecule has 1 N–H and O–H groups in total. The van der Waals surface area contributed by atoms with Crippen molar-refractivity contribution in [2.45, 2.75) is 13.0 Å². The van der Waals surface area contributed by atoms with Gasteiger partial charge in [0.05, 0.1) is 10.6 Å². The molecule has 1 aromatic rings. The molecular weight excluding hydrogens is 240 g/mol. The number of carbonyl (C=O) groups is 1. The Morgan fingerprint density at radius 1 is 1.60 bits per heavy atom. The van der Waals surface area contributed by atoms with Crippen LogP contribution in [0.15, 0.2) is 18.2 Å². The van der Waals surface area contributed by atoms with E-state index in [9.17, 15) is 9.18 Å². The summed E-state index contributed by atoms with van der Waals surface area (Å²) in [6.07, 6.45) is 0. The minimum absolute atomic E-state index is 0.0919. The van der Waals surface area contributed by atoms with Gasteiger partial charge in [-0.1, -0.05) is 17.7 Å². The topological polar surface area (TPSA) is 29.1 Å². The average Bonchev–Trinajstić information content (AvgIpc) is 2.17. The van der Waals surface area contributed by atoms with E-state index < -0.39 is 11.7 Å². The van der Waals surface area contributed by atoms with Crippen molar-refractivity contribution in [3.05, 3.63) is 34.6 Å². The van der Waals surface area contributed by atoms with Gasteiger partial charge in [-0.25, -0.2) is 4.39 Å². The summed E-state index contributed by atoms with van der Waals surface area (Å²) in [7, 11) is 0. The summed E-state index contributed by atoms with van der Waals surface area (Å²) in [5.41, 5.74) is -0.142. The van der Waals surface area contributed by atoms with Crippen molar-refractivity contribution in [3.63, 3.8) is 0 Å². The molecule has 1 atom stereocenters. The molecule has 82 valence electrons. The van der Waals surface area contributed by atoms with E-state index in [1.165, 1.54) is 18.2 Å². The summed E-state index contributed by atoms with van der Waals surface area (Å²) in [5, 5.41) is 2.62. The van der Waals surface area contributed by atoms with Crippen LogP contribution in [0, 0.1) is 5.82 Å². The first-order valence-corrected chi connectivity index (χ1v) is 5.28. The van der Waals surface area contributed by atoms with E-state index in [0.717, 1.165) is 0 Å². The number of amides is 1. The van der Waals surface area contributed by atoms with Crippen LogP contribution in [0.4, 0.5) is 4.39 Å². The molecule has 1 aromatic carbocycles. The van der Waals surface area contributed by atoms with Crippen LogP contribution in [0.5, 0.6) is 0 Å². The maximum absolute atomic E-state index is 13.3. The fourth-order valence-corrected chi connectivity index (χ4v) is 1.38. The van der Waals surface area contributed by atoms with E-state index in [1.54, 1.807) is 6.92 Å². The molecular formula is C10H10Cl2FNO. The normalized spacial score (nSPS) is 12.3. The fourth-order valence-electron chi connectivity index (χ4n) is 1.05. The summed E-state index contributed by atoms with van der Waals surface area (Å²) in [6, 6.07) is 3.87. The molecule has 0 saturated carbocycles. The minimum atomic E-state index is -0.637. The summed E-state index contributed by atoms with van der Waals surface area (Å²) in [6.45, 7) is 1.72. The van der Waals surface area contributed by atoms with Crippen LogP contribution in [0.1, 0.15) is 17.3 Å². The first-order chi connectivity index (χ1) is 7.06. The number of hydrogen-bond donors (Lipinski definition) is 1. The van der Waals surface area contributed by atoms with Crippen molar-refractivity contribution in [2.75, 3.05) is 5.88 Å². The molecule has 0 aromatic heterocycles. The predicted molar refractivity (Wildman–Crippen MR) is 59.1 cm³/mol. The Labute approximate surface area is 97.4 Å². The van der Waals surface area contributed by atoms with E-state index in [0.29, 0.717) is 0 Å². The third-order valence-corrected chi connectivity index (χ3v) is 2.58. The van der Waals surface area contributed by atoms with Gasteiger partial charge in [-0.2, -0.15) is 0 Å². The second-order valence-electron chi connectivity index (χ2n) is 3.13. The first-order valence-electron chi connectivity index (χ1n) is 4.37.